The second-order valence-electron chi connectivity index (χ2n) is 3.09. The Kier molecular flexibility index (Phi) is 4.02. The predicted molar refractivity (Wildman–Crippen MR) is 57.0 cm³/mol. The van der Waals surface area contributed by atoms with Crippen LogP contribution in [0.15, 0.2) is 18.2 Å². The van der Waals surface area contributed by atoms with Crippen molar-refractivity contribution in [3.05, 3.63) is 35.1 Å². The highest BCUT2D eigenvalue weighted by molar-refractivity contribution is 5.94. The zero-order valence-electron chi connectivity index (χ0n) is 8.51. The summed E-state index contributed by atoms with van der Waals surface area (Å²) in [4.78, 5) is 11.0. The van der Waals surface area contributed by atoms with Crippen molar-refractivity contribution in [1.82, 2.24) is 0 Å². The van der Waals surface area contributed by atoms with Crippen LogP contribution in [0.3, 0.4) is 0 Å². The summed E-state index contributed by atoms with van der Waals surface area (Å²) in [5, 5.41) is 0. The van der Waals surface area contributed by atoms with Crippen LogP contribution in [0.2, 0.25) is 0 Å². The zero-order valence-corrected chi connectivity index (χ0v) is 8.51. The number of hydrogen-bond donors (Lipinski definition) is 1. The van der Waals surface area contributed by atoms with Gasteiger partial charge in [-0.15, -0.1) is 0 Å². The fourth-order valence-corrected chi connectivity index (χ4v) is 1.11. The van der Waals surface area contributed by atoms with Gasteiger partial charge < -0.3 is 5.73 Å². The molecule has 2 N–H and O–H groups in total. The number of rotatable bonds is 2. The molecule has 0 saturated heterocycles. The van der Waals surface area contributed by atoms with Crippen LogP contribution in [0.1, 0.15) is 29.3 Å². The molecule has 0 aliphatic rings. The third kappa shape index (κ3) is 3.19. The Morgan fingerprint density at radius 2 is 2.27 bits per heavy atom. The van der Waals surface area contributed by atoms with Crippen molar-refractivity contribution in [2.24, 2.45) is 5.73 Å². The van der Waals surface area contributed by atoms with Gasteiger partial charge in [-0.25, -0.2) is 4.39 Å². The van der Waals surface area contributed by atoms with E-state index in [1.807, 2.05) is 0 Å². The van der Waals surface area contributed by atoms with Gasteiger partial charge in [0.15, 0.2) is 5.78 Å². The van der Waals surface area contributed by atoms with E-state index < -0.39 is 5.82 Å². The van der Waals surface area contributed by atoms with E-state index in [-0.39, 0.29) is 11.3 Å². The number of Topliss-reactive ketones (excluding diaryl/α,β-unsaturated/α-hetero) is 1. The van der Waals surface area contributed by atoms with Crippen LogP contribution in [0.25, 0.3) is 0 Å². The van der Waals surface area contributed by atoms with Crippen LogP contribution < -0.4 is 5.73 Å². The maximum absolute atomic E-state index is 13.1. The predicted octanol–water partition coefficient (Wildman–Crippen LogP) is 1.73. The van der Waals surface area contributed by atoms with E-state index in [1.165, 1.54) is 19.1 Å². The number of halogens is 1. The first-order valence-corrected chi connectivity index (χ1v) is 4.64. The molecule has 0 spiro atoms. The maximum atomic E-state index is 13.1. The Hall–Kier alpha value is -1.66. The topological polar surface area (TPSA) is 43.1 Å². The van der Waals surface area contributed by atoms with Crippen LogP contribution in [0, 0.1) is 17.7 Å². The summed E-state index contributed by atoms with van der Waals surface area (Å²) in [5.74, 6) is 4.84. The van der Waals surface area contributed by atoms with Gasteiger partial charge >= 0.3 is 0 Å². The van der Waals surface area contributed by atoms with E-state index in [4.69, 9.17) is 5.73 Å². The van der Waals surface area contributed by atoms with Crippen LogP contribution in [-0.2, 0) is 0 Å². The highest BCUT2D eigenvalue weighted by Gasteiger charge is 2.06. The minimum absolute atomic E-state index is 0.0783. The number of ketones is 1. The minimum Gasteiger partial charge on any atom is -0.330 e. The van der Waals surface area contributed by atoms with Crippen LogP contribution in [0.5, 0.6) is 0 Å². The lowest BCUT2D eigenvalue weighted by Gasteiger charge is -1.98. The van der Waals surface area contributed by atoms with E-state index in [2.05, 4.69) is 11.8 Å². The Balaban J connectivity index is 2.99. The minimum atomic E-state index is -0.508. The van der Waals surface area contributed by atoms with Gasteiger partial charge in [0, 0.05) is 18.5 Å². The normalized spacial score (nSPS) is 9.27. The smallest absolute Gasteiger partial charge is 0.162 e. The highest BCUT2D eigenvalue weighted by atomic mass is 19.1. The molecule has 0 heterocycles. The molecular formula is C12H12FNO. The SMILES string of the molecule is CC(=O)c1cc(C#CCCN)ccc1F. The molecule has 0 fully saturated rings. The van der Waals surface area contributed by atoms with Crippen LogP contribution in [-0.4, -0.2) is 12.3 Å². The molecule has 1 aromatic rings. The number of benzene rings is 1. The fraction of sp³-hybridized carbons (Fsp3) is 0.250. The molecule has 0 saturated carbocycles. The Bertz CT molecular complexity index is 429. The van der Waals surface area contributed by atoms with Gasteiger partial charge in [-0.05, 0) is 25.1 Å². The molecule has 1 rings (SSSR count). The van der Waals surface area contributed by atoms with Crippen LogP contribution >= 0.6 is 0 Å². The van der Waals surface area contributed by atoms with E-state index in [9.17, 15) is 9.18 Å². The monoisotopic (exact) mass is 205 g/mol. The molecule has 78 valence electrons. The molecule has 2 nitrogen and oxygen atoms in total. The molecule has 0 unspecified atom stereocenters. The summed E-state index contributed by atoms with van der Waals surface area (Å²) in [5.41, 5.74) is 5.99. The average Bonchev–Trinajstić information content (AvgIpc) is 2.20. The lowest BCUT2D eigenvalue weighted by Crippen LogP contribution is -1.98. The van der Waals surface area contributed by atoms with Gasteiger partial charge in [0.2, 0.25) is 0 Å². The van der Waals surface area contributed by atoms with Crippen molar-refractivity contribution in [3.8, 4) is 11.8 Å². The zero-order chi connectivity index (χ0) is 11.3. The summed E-state index contributed by atoms with van der Waals surface area (Å²) in [6.45, 7) is 1.82. The van der Waals surface area contributed by atoms with Gasteiger partial charge in [-0.2, -0.15) is 0 Å². The molecule has 1 aromatic carbocycles. The quantitative estimate of drug-likeness (QED) is 0.590. The lowest BCUT2D eigenvalue weighted by atomic mass is 10.1. The Labute approximate surface area is 88.3 Å². The third-order valence-electron chi connectivity index (χ3n) is 1.85. The summed E-state index contributed by atoms with van der Waals surface area (Å²) in [6, 6.07) is 4.26. The molecule has 3 heteroatoms. The number of hydrogen-bond acceptors (Lipinski definition) is 2. The Morgan fingerprint density at radius 3 is 2.87 bits per heavy atom. The van der Waals surface area contributed by atoms with Crippen molar-refractivity contribution < 1.29 is 9.18 Å². The first-order chi connectivity index (χ1) is 7.15. The molecule has 0 amide bonds. The number of nitrogens with two attached hydrogens (primary N) is 1. The molecule has 15 heavy (non-hydrogen) atoms. The first kappa shape index (κ1) is 11.4. The van der Waals surface area contributed by atoms with Gasteiger partial charge in [0.1, 0.15) is 5.82 Å². The van der Waals surface area contributed by atoms with Gasteiger partial charge in [-0.1, -0.05) is 11.8 Å². The average molecular weight is 205 g/mol. The van der Waals surface area contributed by atoms with E-state index in [0.717, 1.165) is 0 Å². The Morgan fingerprint density at radius 1 is 1.53 bits per heavy atom. The molecule has 0 bridgehead atoms. The lowest BCUT2D eigenvalue weighted by molar-refractivity contribution is 0.101. The van der Waals surface area contributed by atoms with Crippen molar-refractivity contribution in [3.63, 3.8) is 0 Å². The van der Waals surface area contributed by atoms with Crippen molar-refractivity contribution >= 4 is 5.78 Å². The van der Waals surface area contributed by atoms with E-state index in [0.29, 0.717) is 18.5 Å². The van der Waals surface area contributed by atoms with Gasteiger partial charge in [0.25, 0.3) is 0 Å². The maximum Gasteiger partial charge on any atom is 0.162 e. The highest BCUT2D eigenvalue weighted by Crippen LogP contribution is 2.10. The number of carbonyl (C=O) groups excluding carboxylic acids is 1. The molecule has 0 aliphatic carbocycles. The van der Waals surface area contributed by atoms with Crippen molar-refractivity contribution in [2.45, 2.75) is 13.3 Å². The molecule has 0 atom stereocenters. The largest absolute Gasteiger partial charge is 0.330 e. The fourth-order valence-electron chi connectivity index (χ4n) is 1.11. The molecule has 0 aliphatic heterocycles. The summed E-state index contributed by atoms with van der Waals surface area (Å²) in [6.07, 6.45) is 0.590. The van der Waals surface area contributed by atoms with Gasteiger partial charge in [-0.3, -0.25) is 4.79 Å². The number of carbonyl (C=O) groups is 1. The summed E-state index contributed by atoms with van der Waals surface area (Å²) < 4.78 is 13.1. The van der Waals surface area contributed by atoms with Crippen molar-refractivity contribution in [2.75, 3.05) is 6.54 Å². The van der Waals surface area contributed by atoms with Crippen LogP contribution in [0.4, 0.5) is 4.39 Å². The molecule has 0 aromatic heterocycles. The van der Waals surface area contributed by atoms with Crippen molar-refractivity contribution in [1.29, 1.82) is 0 Å². The standard InChI is InChI=1S/C12H12FNO/c1-9(15)11-8-10(4-2-3-7-14)5-6-12(11)13/h5-6,8H,3,7,14H2,1H3. The third-order valence-corrected chi connectivity index (χ3v) is 1.85. The summed E-state index contributed by atoms with van der Waals surface area (Å²) >= 11 is 0. The summed E-state index contributed by atoms with van der Waals surface area (Å²) in [7, 11) is 0. The van der Waals surface area contributed by atoms with E-state index in [1.54, 1.807) is 6.07 Å². The first-order valence-electron chi connectivity index (χ1n) is 4.64. The second-order valence-corrected chi connectivity index (χ2v) is 3.09. The second kappa shape index (κ2) is 5.28. The molecular weight excluding hydrogens is 193 g/mol. The van der Waals surface area contributed by atoms with E-state index >= 15 is 0 Å². The molecule has 0 radical (unpaired) electrons. The van der Waals surface area contributed by atoms with Gasteiger partial charge in [0.05, 0.1) is 5.56 Å².